The van der Waals surface area contributed by atoms with Gasteiger partial charge in [0.05, 0.1) is 27.0 Å². The normalized spacial score (nSPS) is 11.4. The molecule has 0 radical (unpaired) electrons. The molecule has 0 unspecified atom stereocenters. The number of halogens is 6. The van der Waals surface area contributed by atoms with E-state index in [-0.39, 0.29) is 11.5 Å². The molecule has 4 nitrogen and oxygen atoms in total. The topological polar surface area (TPSA) is 45.2 Å². The first-order valence-electron chi connectivity index (χ1n) is 7.50. The lowest BCUT2D eigenvalue weighted by Gasteiger charge is -2.16. The summed E-state index contributed by atoms with van der Waals surface area (Å²) in [5.74, 6) is 0.213. The van der Waals surface area contributed by atoms with E-state index >= 15 is 0 Å². The van der Waals surface area contributed by atoms with Gasteiger partial charge < -0.3 is 5.32 Å². The molecular weight excluding hydrogens is 502 g/mol. The number of para-hydroxylation sites is 1. The second-order valence-corrected chi connectivity index (χ2v) is 8.49. The molecule has 28 heavy (non-hydrogen) atoms. The van der Waals surface area contributed by atoms with Crippen LogP contribution < -0.4 is 10.2 Å². The molecule has 2 aromatic carbocycles. The van der Waals surface area contributed by atoms with Crippen molar-refractivity contribution in [3.8, 4) is 0 Å². The van der Waals surface area contributed by atoms with Crippen LogP contribution in [-0.4, -0.2) is 11.4 Å². The zero-order valence-electron chi connectivity index (χ0n) is 13.6. The highest BCUT2D eigenvalue weighted by Gasteiger charge is 2.30. The quantitative estimate of drug-likeness (QED) is 0.367. The van der Waals surface area contributed by atoms with Gasteiger partial charge in [0.1, 0.15) is 3.79 Å². The SMILES string of the molecule is O=CN(c1ccc(C(F)(F)F)cc1)c1nc(Nc2c(Cl)cccc2Cl)sc1Br. The van der Waals surface area contributed by atoms with Gasteiger partial charge in [0, 0.05) is 0 Å². The molecular formula is C17H9BrCl2F3N3OS. The van der Waals surface area contributed by atoms with Crippen LogP contribution >= 0.6 is 50.5 Å². The average molecular weight is 511 g/mol. The van der Waals surface area contributed by atoms with Crippen molar-refractivity contribution in [2.45, 2.75) is 6.18 Å². The van der Waals surface area contributed by atoms with Gasteiger partial charge in [0.25, 0.3) is 0 Å². The molecule has 0 aliphatic carbocycles. The van der Waals surface area contributed by atoms with Crippen LogP contribution in [0.4, 0.5) is 35.5 Å². The van der Waals surface area contributed by atoms with Gasteiger partial charge in [0.15, 0.2) is 10.9 Å². The average Bonchev–Trinajstić information content (AvgIpc) is 2.99. The van der Waals surface area contributed by atoms with Crippen LogP contribution in [0.15, 0.2) is 46.3 Å². The monoisotopic (exact) mass is 509 g/mol. The molecule has 0 spiro atoms. The lowest BCUT2D eigenvalue weighted by Crippen LogP contribution is -2.15. The second-order valence-electron chi connectivity index (χ2n) is 5.36. The number of amides is 1. The number of nitrogens with one attached hydrogen (secondary N) is 1. The molecule has 0 saturated carbocycles. The summed E-state index contributed by atoms with van der Waals surface area (Å²) in [6, 6.07) is 9.18. The van der Waals surface area contributed by atoms with Crippen molar-refractivity contribution in [3.05, 3.63) is 61.9 Å². The lowest BCUT2D eigenvalue weighted by molar-refractivity contribution is -0.137. The first-order chi connectivity index (χ1) is 13.2. The van der Waals surface area contributed by atoms with E-state index in [2.05, 4.69) is 26.2 Å². The smallest absolute Gasteiger partial charge is 0.329 e. The Balaban J connectivity index is 1.91. The Hall–Kier alpha value is -1.81. The summed E-state index contributed by atoms with van der Waals surface area (Å²) < 4.78 is 38.7. The van der Waals surface area contributed by atoms with Crippen molar-refractivity contribution in [1.29, 1.82) is 0 Å². The first kappa shape index (κ1) is 20.9. The van der Waals surface area contributed by atoms with Crippen molar-refractivity contribution < 1.29 is 18.0 Å². The van der Waals surface area contributed by atoms with Gasteiger partial charge in [-0.3, -0.25) is 9.69 Å². The fraction of sp³-hybridized carbons (Fsp3) is 0.0588. The summed E-state index contributed by atoms with van der Waals surface area (Å²) in [6.45, 7) is 0. The van der Waals surface area contributed by atoms with Crippen LogP contribution in [-0.2, 0) is 11.0 Å². The number of carbonyl (C=O) groups is 1. The molecule has 146 valence electrons. The van der Waals surface area contributed by atoms with Gasteiger partial charge in [-0.25, -0.2) is 4.98 Å². The summed E-state index contributed by atoms with van der Waals surface area (Å²) in [5.41, 5.74) is -0.127. The Morgan fingerprint density at radius 2 is 1.71 bits per heavy atom. The van der Waals surface area contributed by atoms with E-state index in [1.54, 1.807) is 18.2 Å². The summed E-state index contributed by atoms with van der Waals surface area (Å²) >= 11 is 16.7. The summed E-state index contributed by atoms with van der Waals surface area (Å²) in [7, 11) is 0. The molecule has 3 aromatic rings. The highest BCUT2D eigenvalue weighted by molar-refractivity contribution is 9.11. The minimum absolute atomic E-state index is 0.213. The number of hydrogen-bond donors (Lipinski definition) is 1. The molecule has 0 aliphatic rings. The Labute approximate surface area is 180 Å². The number of anilines is 4. The van der Waals surface area contributed by atoms with E-state index in [9.17, 15) is 18.0 Å². The minimum atomic E-state index is -4.46. The summed E-state index contributed by atoms with van der Waals surface area (Å²) in [6.07, 6.45) is -3.99. The van der Waals surface area contributed by atoms with E-state index in [4.69, 9.17) is 23.2 Å². The number of nitrogens with zero attached hydrogens (tertiary/aromatic N) is 2. The lowest BCUT2D eigenvalue weighted by atomic mass is 10.2. The largest absolute Gasteiger partial charge is 0.416 e. The van der Waals surface area contributed by atoms with E-state index in [0.29, 0.717) is 31.1 Å². The van der Waals surface area contributed by atoms with Crippen molar-refractivity contribution in [3.63, 3.8) is 0 Å². The number of rotatable bonds is 5. The van der Waals surface area contributed by atoms with Crippen LogP contribution in [0.5, 0.6) is 0 Å². The van der Waals surface area contributed by atoms with Gasteiger partial charge in [-0.15, -0.1) is 0 Å². The van der Waals surface area contributed by atoms with E-state index in [1.807, 2.05) is 0 Å². The van der Waals surface area contributed by atoms with Crippen LogP contribution in [0.2, 0.25) is 10.0 Å². The van der Waals surface area contributed by atoms with Crippen molar-refractivity contribution in [2.75, 3.05) is 10.2 Å². The molecule has 11 heteroatoms. The molecule has 1 amide bonds. The maximum Gasteiger partial charge on any atom is 0.416 e. The number of carbonyl (C=O) groups excluding carboxylic acids is 1. The third-order valence-corrected chi connectivity index (χ3v) is 5.79. The van der Waals surface area contributed by atoms with Crippen LogP contribution in [0, 0.1) is 0 Å². The standard InChI is InChI=1S/C17H9BrCl2F3N3OS/c18-14-15(25-16(28-14)24-13-11(19)2-1-3-12(13)20)26(8-27)10-6-4-9(5-7-10)17(21,22)23/h1-8H,(H,24,25). The number of alkyl halides is 3. The minimum Gasteiger partial charge on any atom is -0.329 e. The van der Waals surface area contributed by atoms with Crippen molar-refractivity contribution in [2.24, 2.45) is 0 Å². The third-order valence-electron chi connectivity index (χ3n) is 3.57. The number of aromatic nitrogens is 1. The number of benzene rings is 2. The van der Waals surface area contributed by atoms with E-state index < -0.39 is 11.7 Å². The Bertz CT molecular complexity index is 992. The van der Waals surface area contributed by atoms with E-state index in [0.717, 1.165) is 17.0 Å². The van der Waals surface area contributed by atoms with Crippen molar-refractivity contribution >= 4 is 79.2 Å². The molecule has 1 N–H and O–H groups in total. The van der Waals surface area contributed by atoms with E-state index in [1.165, 1.54) is 23.5 Å². The molecule has 1 heterocycles. The van der Waals surface area contributed by atoms with Crippen LogP contribution in [0.3, 0.4) is 0 Å². The maximum absolute atomic E-state index is 12.7. The molecule has 0 bridgehead atoms. The fourth-order valence-corrected chi connectivity index (χ4v) is 4.19. The molecule has 0 atom stereocenters. The van der Waals surface area contributed by atoms with Crippen LogP contribution in [0.1, 0.15) is 5.56 Å². The third kappa shape index (κ3) is 4.43. The summed E-state index contributed by atoms with van der Waals surface area (Å²) in [4.78, 5) is 17.0. The highest BCUT2D eigenvalue weighted by Crippen LogP contribution is 2.41. The Morgan fingerprint density at radius 1 is 1.11 bits per heavy atom. The molecule has 3 rings (SSSR count). The zero-order valence-corrected chi connectivity index (χ0v) is 17.5. The van der Waals surface area contributed by atoms with Gasteiger partial charge >= 0.3 is 6.18 Å². The summed E-state index contributed by atoms with van der Waals surface area (Å²) in [5, 5.41) is 4.14. The first-order valence-corrected chi connectivity index (χ1v) is 9.86. The second kappa shape index (κ2) is 8.28. The van der Waals surface area contributed by atoms with Crippen LogP contribution in [0.25, 0.3) is 0 Å². The number of hydrogen-bond acceptors (Lipinski definition) is 4. The maximum atomic E-state index is 12.7. The fourth-order valence-electron chi connectivity index (χ4n) is 2.26. The Kier molecular flexibility index (Phi) is 6.18. The number of thiazole rings is 1. The Morgan fingerprint density at radius 3 is 2.25 bits per heavy atom. The molecule has 0 saturated heterocycles. The highest BCUT2D eigenvalue weighted by atomic mass is 79.9. The molecule has 0 fully saturated rings. The molecule has 1 aromatic heterocycles. The van der Waals surface area contributed by atoms with Crippen molar-refractivity contribution in [1.82, 2.24) is 4.98 Å². The van der Waals surface area contributed by atoms with Gasteiger partial charge in [-0.2, -0.15) is 13.2 Å². The predicted octanol–water partition coefficient (Wildman–Crippen LogP) is 7.27. The molecule has 0 aliphatic heterocycles. The zero-order chi connectivity index (χ0) is 20.5. The van der Waals surface area contributed by atoms with Gasteiger partial charge in [-0.05, 0) is 52.3 Å². The van der Waals surface area contributed by atoms with Gasteiger partial charge in [-0.1, -0.05) is 40.6 Å². The van der Waals surface area contributed by atoms with Gasteiger partial charge in [0.2, 0.25) is 6.41 Å². The predicted molar refractivity (Wildman–Crippen MR) is 109 cm³/mol.